The van der Waals surface area contributed by atoms with Gasteiger partial charge in [-0.2, -0.15) is 0 Å². The van der Waals surface area contributed by atoms with Gasteiger partial charge in [-0.3, -0.25) is 4.79 Å². The summed E-state index contributed by atoms with van der Waals surface area (Å²) in [4.78, 5) is 11.5. The lowest BCUT2D eigenvalue weighted by Crippen LogP contribution is -2.51. The lowest BCUT2D eigenvalue weighted by Gasteiger charge is -2.58. The van der Waals surface area contributed by atoms with Gasteiger partial charge in [-0.05, 0) is 97.7 Å². The number of rotatable bonds is 4. The minimum absolute atomic E-state index is 0.116. The smallest absolute Gasteiger partial charge is 0.302 e. The second kappa shape index (κ2) is 7.72. The number of hydrogen-bond acceptors (Lipinski definition) is 2. The fourth-order valence-electron chi connectivity index (χ4n) is 8.85. The zero-order valence-corrected chi connectivity index (χ0v) is 19.8. The van der Waals surface area contributed by atoms with Crippen molar-refractivity contribution in [3.8, 4) is 0 Å². The van der Waals surface area contributed by atoms with Crippen LogP contribution in [0.4, 0.5) is 0 Å². The Morgan fingerprint density at radius 3 is 2.55 bits per heavy atom. The van der Waals surface area contributed by atoms with Crippen molar-refractivity contribution in [2.45, 2.75) is 105 Å². The van der Waals surface area contributed by atoms with Crippen molar-refractivity contribution in [1.29, 1.82) is 0 Å². The fourth-order valence-corrected chi connectivity index (χ4v) is 8.85. The highest BCUT2D eigenvalue weighted by molar-refractivity contribution is 5.66. The zero-order chi connectivity index (χ0) is 21.0. The third-order valence-corrected chi connectivity index (χ3v) is 9.99. The van der Waals surface area contributed by atoms with Gasteiger partial charge in [-0.15, -0.1) is 0 Å². The predicted molar refractivity (Wildman–Crippen MR) is 119 cm³/mol. The van der Waals surface area contributed by atoms with Crippen molar-refractivity contribution < 1.29 is 9.53 Å². The fraction of sp³-hybridized carbons (Fsp3) is 0.889. The molecule has 164 valence electrons. The third kappa shape index (κ3) is 3.61. The van der Waals surface area contributed by atoms with Gasteiger partial charge < -0.3 is 4.74 Å². The van der Waals surface area contributed by atoms with E-state index in [1.807, 2.05) is 0 Å². The molecule has 3 fully saturated rings. The van der Waals surface area contributed by atoms with Crippen LogP contribution >= 0.6 is 0 Å². The van der Waals surface area contributed by atoms with Gasteiger partial charge >= 0.3 is 5.97 Å². The predicted octanol–water partition coefficient (Wildman–Crippen LogP) is 7.18. The molecule has 0 saturated heterocycles. The Morgan fingerprint density at radius 2 is 1.86 bits per heavy atom. The molecular formula is C27H44O2. The summed E-state index contributed by atoms with van der Waals surface area (Å²) in [5.41, 5.74) is 2.52. The molecule has 29 heavy (non-hydrogen) atoms. The summed E-state index contributed by atoms with van der Waals surface area (Å²) in [5.74, 6) is 5.13. The highest BCUT2D eigenvalue weighted by Crippen LogP contribution is 2.67. The minimum atomic E-state index is -0.117. The summed E-state index contributed by atoms with van der Waals surface area (Å²) < 4.78 is 5.60. The van der Waals surface area contributed by atoms with Gasteiger partial charge in [0.05, 0.1) is 0 Å². The summed E-state index contributed by atoms with van der Waals surface area (Å²) >= 11 is 0. The molecule has 2 nitrogen and oxygen atoms in total. The van der Waals surface area contributed by atoms with E-state index < -0.39 is 0 Å². The molecule has 3 saturated carbocycles. The van der Waals surface area contributed by atoms with Crippen LogP contribution in [-0.4, -0.2) is 12.1 Å². The van der Waals surface area contributed by atoms with Crippen LogP contribution < -0.4 is 0 Å². The average molecular weight is 401 g/mol. The molecule has 0 spiro atoms. The molecule has 2 heteroatoms. The molecule has 0 aromatic rings. The largest absolute Gasteiger partial charge is 0.462 e. The Bertz CT molecular complexity index is 663. The van der Waals surface area contributed by atoms with Gasteiger partial charge in [-0.25, -0.2) is 0 Å². The second-order valence-corrected chi connectivity index (χ2v) is 12.1. The molecule has 0 radical (unpaired) electrons. The van der Waals surface area contributed by atoms with Crippen LogP contribution in [0.25, 0.3) is 0 Å². The third-order valence-electron chi connectivity index (χ3n) is 9.99. The van der Waals surface area contributed by atoms with Crippen molar-refractivity contribution in [2.24, 2.45) is 46.3 Å². The molecule has 0 aromatic heterocycles. The van der Waals surface area contributed by atoms with E-state index in [1.165, 1.54) is 44.9 Å². The molecule has 8 atom stereocenters. The first-order valence-electron chi connectivity index (χ1n) is 12.5. The van der Waals surface area contributed by atoms with Gasteiger partial charge in [0.25, 0.3) is 0 Å². The maximum absolute atomic E-state index is 11.5. The molecular weight excluding hydrogens is 356 g/mol. The van der Waals surface area contributed by atoms with E-state index in [1.54, 1.807) is 12.5 Å². The molecule has 4 aliphatic rings. The van der Waals surface area contributed by atoms with Crippen LogP contribution in [0.3, 0.4) is 0 Å². The normalized spacial score (nSPS) is 45.1. The van der Waals surface area contributed by atoms with Crippen LogP contribution in [0.1, 0.15) is 99.3 Å². The standard InChI is InChI=1S/C27H44O2/c1-17(2)15-18(3)23-9-10-24-22-8-7-20-16-21(29-19(4)28)11-13-26(20,5)25(22)12-14-27(23,24)6/h7,17-18,21-25H,8-16H2,1-6H3/t18-,21+,22+,23-,24+,25+,26+,27-/m1/s1. The molecule has 0 heterocycles. The van der Waals surface area contributed by atoms with E-state index in [-0.39, 0.29) is 12.1 Å². The van der Waals surface area contributed by atoms with Gasteiger partial charge in [0.1, 0.15) is 6.10 Å². The number of allylic oxidation sites excluding steroid dienone is 1. The van der Waals surface area contributed by atoms with E-state index in [2.05, 4.69) is 40.7 Å². The quantitative estimate of drug-likeness (QED) is 0.369. The monoisotopic (exact) mass is 400 g/mol. The Morgan fingerprint density at radius 1 is 1.10 bits per heavy atom. The van der Waals surface area contributed by atoms with Crippen molar-refractivity contribution in [3.63, 3.8) is 0 Å². The van der Waals surface area contributed by atoms with Gasteiger partial charge in [0.15, 0.2) is 0 Å². The summed E-state index contributed by atoms with van der Waals surface area (Å²) in [6.07, 6.45) is 14.4. The maximum atomic E-state index is 11.5. The van der Waals surface area contributed by atoms with Gasteiger partial charge in [0.2, 0.25) is 0 Å². The molecule has 0 aliphatic heterocycles. The highest BCUT2D eigenvalue weighted by atomic mass is 16.5. The van der Waals surface area contributed by atoms with Crippen LogP contribution in [0.5, 0.6) is 0 Å². The lowest BCUT2D eigenvalue weighted by molar-refractivity contribution is -0.148. The Kier molecular flexibility index (Phi) is 5.71. The van der Waals surface area contributed by atoms with Crippen LogP contribution in [0, 0.1) is 46.3 Å². The molecule has 0 unspecified atom stereocenters. The number of hydrogen-bond donors (Lipinski definition) is 0. The van der Waals surface area contributed by atoms with Crippen molar-refractivity contribution in [3.05, 3.63) is 11.6 Å². The molecule has 4 aliphatic carbocycles. The SMILES string of the molecule is CC(=O)O[C@H]1CC[C@@]2(C)C(=CC[C@H]3[C@@H]4CC[C@H]([C@H](C)CC(C)C)[C@@]4(C)CC[C@@H]32)C1. The second-order valence-electron chi connectivity index (χ2n) is 12.1. The number of carbonyl (C=O) groups is 1. The Labute approximate surface area is 179 Å². The zero-order valence-electron chi connectivity index (χ0n) is 19.8. The summed E-state index contributed by atoms with van der Waals surface area (Å²) in [6.45, 7) is 14.1. The van der Waals surface area contributed by atoms with E-state index in [0.717, 1.165) is 48.3 Å². The van der Waals surface area contributed by atoms with Crippen LogP contribution in [0.2, 0.25) is 0 Å². The van der Waals surface area contributed by atoms with Crippen molar-refractivity contribution in [2.75, 3.05) is 0 Å². The Balaban J connectivity index is 1.53. The minimum Gasteiger partial charge on any atom is -0.462 e. The first-order valence-corrected chi connectivity index (χ1v) is 12.5. The number of esters is 1. The molecule has 0 N–H and O–H groups in total. The summed E-state index contributed by atoms with van der Waals surface area (Å²) in [6, 6.07) is 0. The average Bonchev–Trinajstić information content (AvgIpc) is 2.98. The Hall–Kier alpha value is -0.790. The van der Waals surface area contributed by atoms with Crippen molar-refractivity contribution >= 4 is 5.97 Å². The van der Waals surface area contributed by atoms with Crippen molar-refractivity contribution in [1.82, 2.24) is 0 Å². The molecule has 4 rings (SSSR count). The first-order chi connectivity index (χ1) is 13.6. The first kappa shape index (κ1) is 21.4. The lowest BCUT2D eigenvalue weighted by atomic mass is 9.47. The van der Waals surface area contributed by atoms with Gasteiger partial charge in [0, 0.05) is 13.3 Å². The summed E-state index contributed by atoms with van der Waals surface area (Å²) in [7, 11) is 0. The summed E-state index contributed by atoms with van der Waals surface area (Å²) in [5, 5.41) is 0. The van der Waals surface area contributed by atoms with E-state index in [4.69, 9.17) is 4.74 Å². The highest BCUT2D eigenvalue weighted by Gasteiger charge is 2.59. The van der Waals surface area contributed by atoms with Gasteiger partial charge in [-0.1, -0.05) is 46.3 Å². The van der Waals surface area contributed by atoms with E-state index in [0.29, 0.717) is 10.8 Å². The van der Waals surface area contributed by atoms with E-state index in [9.17, 15) is 4.79 Å². The molecule has 0 aromatic carbocycles. The van der Waals surface area contributed by atoms with Crippen LogP contribution in [0.15, 0.2) is 11.6 Å². The topological polar surface area (TPSA) is 26.3 Å². The molecule has 0 amide bonds. The molecule has 0 bridgehead atoms. The number of fused-ring (bicyclic) bond motifs is 5. The number of ether oxygens (including phenoxy) is 1. The van der Waals surface area contributed by atoms with Crippen LogP contribution in [-0.2, 0) is 9.53 Å². The number of carbonyl (C=O) groups excluding carboxylic acids is 1. The van der Waals surface area contributed by atoms with E-state index >= 15 is 0 Å². The maximum Gasteiger partial charge on any atom is 0.302 e.